The van der Waals surface area contributed by atoms with Crippen LogP contribution in [-0.2, 0) is 6.54 Å². The van der Waals surface area contributed by atoms with Crippen LogP contribution >= 0.6 is 0 Å². The van der Waals surface area contributed by atoms with Gasteiger partial charge < -0.3 is 19.5 Å². The van der Waals surface area contributed by atoms with E-state index < -0.39 is 0 Å². The van der Waals surface area contributed by atoms with Crippen molar-refractivity contribution in [1.82, 2.24) is 15.1 Å². The van der Waals surface area contributed by atoms with Gasteiger partial charge in [0.2, 0.25) is 0 Å². The number of benzene rings is 1. The van der Waals surface area contributed by atoms with Crippen molar-refractivity contribution in [3.63, 3.8) is 0 Å². The van der Waals surface area contributed by atoms with Gasteiger partial charge in [0.25, 0.3) is 5.91 Å². The van der Waals surface area contributed by atoms with Crippen molar-refractivity contribution in [1.29, 1.82) is 0 Å². The number of guanidine groups is 1. The van der Waals surface area contributed by atoms with Crippen LogP contribution in [0.4, 0.5) is 0 Å². The number of aliphatic imine (C=N–C) groups is 1. The minimum absolute atomic E-state index is 0.0450. The Morgan fingerprint density at radius 2 is 1.92 bits per heavy atom. The molecule has 0 spiro atoms. The van der Waals surface area contributed by atoms with E-state index >= 15 is 0 Å². The van der Waals surface area contributed by atoms with Crippen LogP contribution in [0.15, 0.2) is 52.1 Å². The highest BCUT2D eigenvalue weighted by molar-refractivity contribution is 5.91. The summed E-state index contributed by atoms with van der Waals surface area (Å²) in [5, 5.41) is 3.36. The van der Waals surface area contributed by atoms with Gasteiger partial charge in [-0.05, 0) is 31.5 Å². The molecule has 2 aromatic rings. The van der Waals surface area contributed by atoms with E-state index in [9.17, 15) is 4.79 Å². The minimum Gasteiger partial charge on any atom is -0.459 e. The number of rotatable bonds is 4. The predicted molar refractivity (Wildman–Crippen MR) is 102 cm³/mol. The summed E-state index contributed by atoms with van der Waals surface area (Å²) in [5.41, 5.74) is 2.44. The van der Waals surface area contributed by atoms with Crippen molar-refractivity contribution in [2.75, 3.05) is 32.7 Å². The molecular formula is C20H26N4O2. The van der Waals surface area contributed by atoms with Crippen LogP contribution in [0.1, 0.15) is 28.6 Å². The lowest BCUT2D eigenvalue weighted by molar-refractivity contribution is 0.0657. The zero-order chi connectivity index (χ0) is 18.4. The molecule has 138 valence electrons. The lowest BCUT2D eigenvalue weighted by Crippen LogP contribution is -2.53. The number of hydrogen-bond acceptors (Lipinski definition) is 3. The number of nitrogens with one attached hydrogen (secondary N) is 1. The van der Waals surface area contributed by atoms with Crippen LogP contribution in [0, 0.1) is 6.92 Å². The number of aryl methyl sites for hydroxylation is 1. The summed E-state index contributed by atoms with van der Waals surface area (Å²) in [6.45, 7) is 8.46. The molecule has 1 aliphatic rings. The van der Waals surface area contributed by atoms with Crippen LogP contribution in [0.25, 0.3) is 0 Å². The molecule has 2 heterocycles. The zero-order valence-corrected chi connectivity index (χ0v) is 15.4. The standard InChI is InChI=1S/C20H26N4O2/c1-3-21-20(22-15-17-7-4-6-16(2)14-17)24-11-9-23(10-12-24)19(25)18-8-5-13-26-18/h4-8,13-14H,3,9-12,15H2,1-2H3,(H,21,22). The molecule has 3 rings (SSSR count). The maximum Gasteiger partial charge on any atom is 0.289 e. The fraction of sp³-hybridized carbons (Fsp3) is 0.400. The summed E-state index contributed by atoms with van der Waals surface area (Å²) in [4.78, 5) is 21.2. The molecule has 1 N–H and O–H groups in total. The second kappa shape index (κ2) is 8.56. The van der Waals surface area contributed by atoms with E-state index in [1.165, 1.54) is 17.4 Å². The zero-order valence-electron chi connectivity index (χ0n) is 15.4. The van der Waals surface area contributed by atoms with Gasteiger partial charge in [-0.1, -0.05) is 29.8 Å². The molecule has 1 aromatic carbocycles. The quantitative estimate of drug-likeness (QED) is 0.677. The van der Waals surface area contributed by atoms with Crippen molar-refractivity contribution in [3.05, 3.63) is 59.5 Å². The second-order valence-electron chi connectivity index (χ2n) is 6.42. The Labute approximate surface area is 154 Å². The summed E-state index contributed by atoms with van der Waals surface area (Å²) < 4.78 is 5.22. The molecule has 0 bridgehead atoms. The average Bonchev–Trinajstić information content (AvgIpc) is 3.19. The summed E-state index contributed by atoms with van der Waals surface area (Å²) >= 11 is 0. The van der Waals surface area contributed by atoms with E-state index in [0.717, 1.165) is 25.6 Å². The van der Waals surface area contributed by atoms with Gasteiger partial charge >= 0.3 is 0 Å². The Balaban J connectivity index is 1.61. The number of piperazine rings is 1. The summed E-state index contributed by atoms with van der Waals surface area (Å²) in [6.07, 6.45) is 1.53. The first kappa shape index (κ1) is 18.0. The van der Waals surface area contributed by atoms with E-state index in [1.54, 1.807) is 12.1 Å². The van der Waals surface area contributed by atoms with Crippen LogP contribution in [0.5, 0.6) is 0 Å². The van der Waals surface area contributed by atoms with Crippen LogP contribution < -0.4 is 5.32 Å². The molecule has 0 radical (unpaired) electrons. The van der Waals surface area contributed by atoms with Crippen LogP contribution in [0.2, 0.25) is 0 Å². The monoisotopic (exact) mass is 354 g/mol. The van der Waals surface area contributed by atoms with E-state index in [4.69, 9.17) is 9.41 Å². The molecule has 26 heavy (non-hydrogen) atoms. The topological polar surface area (TPSA) is 61.1 Å². The van der Waals surface area contributed by atoms with Crippen LogP contribution in [0.3, 0.4) is 0 Å². The molecule has 1 aliphatic heterocycles. The predicted octanol–water partition coefficient (Wildman–Crippen LogP) is 2.51. The van der Waals surface area contributed by atoms with Crippen molar-refractivity contribution >= 4 is 11.9 Å². The average molecular weight is 354 g/mol. The Kier molecular flexibility index (Phi) is 5.94. The lowest BCUT2D eigenvalue weighted by Gasteiger charge is -2.36. The number of hydrogen-bond donors (Lipinski definition) is 1. The van der Waals surface area contributed by atoms with E-state index in [1.807, 2.05) is 4.90 Å². The number of carbonyl (C=O) groups excluding carboxylic acids is 1. The molecule has 0 aliphatic carbocycles. The molecule has 1 saturated heterocycles. The first-order chi connectivity index (χ1) is 12.7. The number of carbonyl (C=O) groups is 1. The van der Waals surface area contributed by atoms with Crippen molar-refractivity contribution in [2.45, 2.75) is 20.4 Å². The third-order valence-corrected chi connectivity index (χ3v) is 4.43. The molecule has 0 atom stereocenters. The highest BCUT2D eigenvalue weighted by atomic mass is 16.3. The number of nitrogens with zero attached hydrogens (tertiary/aromatic N) is 3. The Morgan fingerprint density at radius 1 is 1.15 bits per heavy atom. The third-order valence-electron chi connectivity index (χ3n) is 4.43. The van der Waals surface area contributed by atoms with E-state index in [0.29, 0.717) is 25.4 Å². The SMILES string of the molecule is CCNC(=NCc1cccc(C)c1)N1CCN(C(=O)c2ccco2)CC1. The fourth-order valence-corrected chi connectivity index (χ4v) is 3.08. The molecule has 6 heteroatoms. The van der Waals surface area contributed by atoms with Gasteiger partial charge in [-0.15, -0.1) is 0 Å². The molecule has 6 nitrogen and oxygen atoms in total. The van der Waals surface area contributed by atoms with Gasteiger partial charge in [0, 0.05) is 32.7 Å². The van der Waals surface area contributed by atoms with Gasteiger partial charge in [-0.25, -0.2) is 4.99 Å². The highest BCUT2D eigenvalue weighted by Gasteiger charge is 2.25. The molecule has 0 unspecified atom stereocenters. The first-order valence-electron chi connectivity index (χ1n) is 9.09. The number of furan rings is 1. The summed E-state index contributed by atoms with van der Waals surface area (Å²) in [5.74, 6) is 1.26. The van der Waals surface area contributed by atoms with E-state index in [-0.39, 0.29) is 5.91 Å². The Bertz CT molecular complexity index is 747. The Hall–Kier alpha value is -2.76. The number of amides is 1. The fourth-order valence-electron chi connectivity index (χ4n) is 3.08. The Morgan fingerprint density at radius 3 is 2.58 bits per heavy atom. The summed E-state index contributed by atoms with van der Waals surface area (Å²) in [6, 6.07) is 11.9. The molecular weight excluding hydrogens is 328 g/mol. The lowest BCUT2D eigenvalue weighted by atomic mass is 10.1. The van der Waals surface area contributed by atoms with Gasteiger partial charge in [0.15, 0.2) is 11.7 Å². The van der Waals surface area contributed by atoms with E-state index in [2.05, 4.69) is 48.3 Å². The molecule has 1 aromatic heterocycles. The van der Waals surface area contributed by atoms with Crippen molar-refractivity contribution in [2.24, 2.45) is 4.99 Å². The molecule has 1 amide bonds. The van der Waals surface area contributed by atoms with Gasteiger partial charge in [-0.2, -0.15) is 0 Å². The van der Waals surface area contributed by atoms with Crippen LogP contribution in [-0.4, -0.2) is 54.4 Å². The largest absolute Gasteiger partial charge is 0.459 e. The normalized spacial score (nSPS) is 15.2. The van der Waals surface area contributed by atoms with Gasteiger partial charge in [-0.3, -0.25) is 4.79 Å². The highest BCUT2D eigenvalue weighted by Crippen LogP contribution is 2.10. The van der Waals surface area contributed by atoms with Crippen molar-refractivity contribution in [3.8, 4) is 0 Å². The van der Waals surface area contributed by atoms with Gasteiger partial charge in [0.05, 0.1) is 12.8 Å². The maximum atomic E-state index is 12.4. The second-order valence-corrected chi connectivity index (χ2v) is 6.42. The third kappa shape index (κ3) is 4.45. The molecule has 1 fully saturated rings. The van der Waals surface area contributed by atoms with Crippen molar-refractivity contribution < 1.29 is 9.21 Å². The summed E-state index contributed by atoms with van der Waals surface area (Å²) in [7, 11) is 0. The minimum atomic E-state index is -0.0450. The smallest absolute Gasteiger partial charge is 0.289 e. The molecule has 0 saturated carbocycles. The van der Waals surface area contributed by atoms with Gasteiger partial charge in [0.1, 0.15) is 0 Å². The maximum absolute atomic E-state index is 12.4. The first-order valence-corrected chi connectivity index (χ1v) is 9.09.